The molecular weight excluding hydrogens is 1250 g/mol. The van der Waals surface area contributed by atoms with Gasteiger partial charge in [-0.3, -0.25) is 0 Å². The van der Waals surface area contributed by atoms with Crippen LogP contribution in [0.15, 0.2) is 376 Å². The molecule has 0 spiro atoms. The zero-order valence-corrected chi connectivity index (χ0v) is 54.8. The summed E-state index contributed by atoms with van der Waals surface area (Å²) in [6.45, 7) is 0. The average molecular weight is 1320 g/mol. The predicted molar refractivity (Wildman–Crippen MR) is 399 cm³/mol. The molecule has 10 nitrogen and oxygen atoms in total. The van der Waals surface area contributed by atoms with Gasteiger partial charge in [0.05, 0.1) is 11.9 Å². The Hall–Kier alpha value is -12.3. The molecule has 0 saturated carbocycles. The first kappa shape index (κ1) is 68.5. The number of carbonyl (C=O) groups is 2. The van der Waals surface area contributed by atoms with Crippen molar-refractivity contribution in [1.82, 2.24) is 0 Å². The molecule has 0 unspecified atom stereocenters. The highest BCUT2D eigenvalue weighted by Gasteiger charge is 2.48. The predicted octanol–water partition coefficient (Wildman–Crippen LogP) is 13.8. The molecule has 15 aromatic rings. The fraction of sp³-hybridized carbons (Fsp3) is 0. The third kappa shape index (κ3) is 16.4. The Balaban J connectivity index is 0.000000132. The topological polar surface area (TPSA) is 202 Å². The van der Waals surface area contributed by atoms with E-state index in [4.69, 9.17) is 30.6 Å². The lowest BCUT2D eigenvalue weighted by atomic mass is 10.1. The first-order chi connectivity index (χ1) is 47.8. The second kappa shape index (κ2) is 33.2. The first-order valence-corrected chi connectivity index (χ1v) is 34.8. The van der Waals surface area contributed by atoms with Crippen molar-refractivity contribution in [2.75, 3.05) is 0 Å². The number of phenolic OH excluding ortho intramolecular Hbond substituents is 6. The summed E-state index contributed by atoms with van der Waals surface area (Å²) < 4.78 is 0. The third-order valence-electron chi connectivity index (χ3n) is 16.0. The minimum Gasteiger partial charge on any atom is -0.545 e. The highest BCUT2D eigenvalue weighted by Crippen LogP contribution is 2.55. The fourth-order valence-corrected chi connectivity index (χ4v) is 20.0. The molecule has 482 valence electrons. The van der Waals surface area contributed by atoms with Gasteiger partial charge in [0.25, 0.3) is 0 Å². The Labute approximate surface area is 570 Å². The highest BCUT2D eigenvalue weighted by molar-refractivity contribution is 8.02. The molecule has 0 radical (unpaired) electrons. The number of carbonyl (C=O) groups excluding carboxylic acids is 2. The van der Waals surface area contributed by atoms with E-state index >= 15 is 0 Å². The van der Waals surface area contributed by atoms with E-state index in [0.717, 1.165) is 38.4 Å². The first-order valence-electron chi connectivity index (χ1n) is 31.2. The summed E-state index contributed by atoms with van der Waals surface area (Å²) in [5.74, 6) is -3.26. The second-order valence-electron chi connectivity index (χ2n) is 22.2. The molecule has 0 aromatic heterocycles. The minimum absolute atomic E-state index is 0.0753. The second-order valence-corrected chi connectivity index (χ2v) is 29.1. The zero-order chi connectivity index (χ0) is 68.7. The molecule has 0 atom stereocenters. The molecule has 0 heterocycles. The molecule has 0 amide bonds. The SMILES string of the molecule is O=C([O-])c1cccc(C(=O)[O-])c1.Oc1cc2ccccc2cc1O.Oc1cc2ccccc2cc1O.Oc1cc2ccccc2cc1O.c1ccc([P+](c2ccccc2)(c2ccccc2)c2ccccc2)cc1.c1ccc([P+](c2ccccc2)(c2ccccc2)c2ccccc2)cc1. The van der Waals surface area contributed by atoms with Gasteiger partial charge in [-0.05, 0) is 183 Å². The van der Waals surface area contributed by atoms with Crippen molar-refractivity contribution in [3.8, 4) is 34.5 Å². The highest BCUT2D eigenvalue weighted by atomic mass is 31.2. The van der Waals surface area contributed by atoms with Crippen molar-refractivity contribution in [2.24, 2.45) is 0 Å². The molecule has 0 aliphatic carbocycles. The van der Waals surface area contributed by atoms with Crippen LogP contribution < -0.4 is 52.6 Å². The van der Waals surface area contributed by atoms with Crippen molar-refractivity contribution >= 4 is 101 Å². The van der Waals surface area contributed by atoms with Crippen LogP contribution >= 0.6 is 14.5 Å². The number of phenols is 6. The molecule has 6 N–H and O–H groups in total. The number of carboxylic acid groups (broad SMARTS) is 2. The number of rotatable bonds is 10. The number of carboxylic acids is 2. The van der Waals surface area contributed by atoms with E-state index < -0.39 is 26.5 Å². The quantitative estimate of drug-likeness (QED) is 0.0565. The molecule has 98 heavy (non-hydrogen) atoms. The molecule has 0 aliphatic heterocycles. The zero-order valence-electron chi connectivity index (χ0n) is 53.0. The van der Waals surface area contributed by atoms with Crippen LogP contribution in [0.25, 0.3) is 32.3 Å². The van der Waals surface area contributed by atoms with E-state index in [1.807, 2.05) is 72.8 Å². The van der Waals surface area contributed by atoms with Crippen LogP contribution in [0, 0.1) is 0 Å². The van der Waals surface area contributed by atoms with Gasteiger partial charge in [-0.2, -0.15) is 0 Å². The number of aromatic hydroxyl groups is 6. The van der Waals surface area contributed by atoms with Crippen LogP contribution in [0.2, 0.25) is 0 Å². The molecule has 0 aliphatic rings. The van der Waals surface area contributed by atoms with E-state index in [9.17, 15) is 19.8 Å². The summed E-state index contributed by atoms with van der Waals surface area (Å²) in [6.07, 6.45) is 0. The van der Waals surface area contributed by atoms with Crippen LogP contribution in [0.1, 0.15) is 20.7 Å². The van der Waals surface area contributed by atoms with Gasteiger partial charge in [-0.15, -0.1) is 0 Å². The smallest absolute Gasteiger partial charge is 0.158 e. The van der Waals surface area contributed by atoms with E-state index in [1.165, 1.54) is 60.6 Å². The average Bonchev–Trinajstić information content (AvgIpc) is 0.744. The number of fused-ring (bicyclic) bond motifs is 3. The summed E-state index contributed by atoms with van der Waals surface area (Å²) in [6, 6.07) is 124. The Morgan fingerprint density at radius 1 is 0.194 bits per heavy atom. The van der Waals surface area contributed by atoms with Crippen molar-refractivity contribution in [1.29, 1.82) is 0 Å². The maximum absolute atomic E-state index is 10.3. The molecular formula is C86H68O10P2. The monoisotopic (exact) mass is 1320 g/mol. The molecule has 0 bridgehead atoms. The van der Waals surface area contributed by atoms with Gasteiger partial charge in [-0.25, -0.2) is 0 Å². The molecule has 0 fully saturated rings. The summed E-state index contributed by atoms with van der Waals surface area (Å²) in [5, 5.41) is 92.2. The Kier molecular flexibility index (Phi) is 23.2. The van der Waals surface area contributed by atoms with E-state index in [-0.39, 0.29) is 45.6 Å². The van der Waals surface area contributed by atoms with Crippen molar-refractivity contribution in [3.63, 3.8) is 0 Å². The summed E-state index contributed by atoms with van der Waals surface area (Å²) in [7, 11) is -3.81. The van der Waals surface area contributed by atoms with E-state index in [1.54, 1.807) is 36.4 Å². The number of aromatic carboxylic acids is 2. The van der Waals surface area contributed by atoms with Gasteiger partial charge in [-0.1, -0.05) is 237 Å². The third-order valence-corrected chi connectivity index (χ3v) is 24.6. The minimum atomic E-state index is -1.91. The largest absolute Gasteiger partial charge is 0.545 e. The lowest BCUT2D eigenvalue weighted by molar-refractivity contribution is -0.255. The maximum atomic E-state index is 10.3. The summed E-state index contributed by atoms with van der Waals surface area (Å²) in [5.41, 5.74) is -0.339. The lowest BCUT2D eigenvalue weighted by Gasteiger charge is -2.27. The van der Waals surface area contributed by atoms with Gasteiger partial charge in [0.1, 0.15) is 57.0 Å². The van der Waals surface area contributed by atoms with E-state index in [2.05, 4.69) is 243 Å². The summed E-state index contributed by atoms with van der Waals surface area (Å²) >= 11 is 0. The summed E-state index contributed by atoms with van der Waals surface area (Å²) in [4.78, 5) is 20.5. The molecule has 0 saturated heterocycles. The molecule has 15 aromatic carbocycles. The maximum Gasteiger partial charge on any atom is 0.158 e. The van der Waals surface area contributed by atoms with Crippen LogP contribution in [-0.4, -0.2) is 42.6 Å². The standard InChI is InChI=1S/2C24H20P.3C10H8O2.C8H6O4/c2*1-5-13-21(14-6-1)25(22-15-7-2-8-16-22,23-17-9-3-10-18-23)24-19-11-4-12-20-24;3*11-9-5-7-3-1-2-4-8(7)6-10(9)12;9-7(10)5-2-1-3-6(4-5)8(11)12/h2*1-20H;3*1-6,11-12H;1-4H,(H,9,10)(H,11,12)/q2*+1;;;;/p-2. The van der Waals surface area contributed by atoms with Gasteiger partial charge >= 0.3 is 0 Å². The van der Waals surface area contributed by atoms with Crippen LogP contribution in [0.3, 0.4) is 0 Å². The van der Waals surface area contributed by atoms with Crippen molar-refractivity contribution < 1.29 is 50.4 Å². The van der Waals surface area contributed by atoms with Crippen LogP contribution in [0.4, 0.5) is 0 Å². The van der Waals surface area contributed by atoms with Gasteiger partial charge in [0, 0.05) is 0 Å². The molecule has 15 rings (SSSR count). The van der Waals surface area contributed by atoms with Crippen molar-refractivity contribution in [2.45, 2.75) is 0 Å². The fourth-order valence-electron chi connectivity index (χ4n) is 11.4. The Bertz CT molecular complexity index is 4200. The number of hydrogen-bond donors (Lipinski definition) is 6. The Morgan fingerprint density at radius 3 is 0.480 bits per heavy atom. The number of benzene rings is 15. The lowest BCUT2D eigenvalue weighted by Crippen LogP contribution is -2.38. The Morgan fingerprint density at radius 2 is 0.337 bits per heavy atom. The van der Waals surface area contributed by atoms with Crippen molar-refractivity contribution in [3.05, 3.63) is 387 Å². The van der Waals surface area contributed by atoms with E-state index in [0.29, 0.717) is 0 Å². The normalized spacial score (nSPS) is 10.7. The van der Waals surface area contributed by atoms with Crippen LogP contribution in [0.5, 0.6) is 34.5 Å². The van der Waals surface area contributed by atoms with Gasteiger partial charge < -0.3 is 50.4 Å². The molecule has 12 heteroatoms. The number of hydrogen-bond acceptors (Lipinski definition) is 10. The van der Waals surface area contributed by atoms with Crippen LogP contribution in [-0.2, 0) is 0 Å². The van der Waals surface area contributed by atoms with Gasteiger partial charge in [0.2, 0.25) is 0 Å². The van der Waals surface area contributed by atoms with Gasteiger partial charge in [0.15, 0.2) is 34.5 Å².